The summed E-state index contributed by atoms with van der Waals surface area (Å²) in [6.07, 6.45) is -1.69. The first-order valence-corrected chi connectivity index (χ1v) is 9.90. The summed E-state index contributed by atoms with van der Waals surface area (Å²) in [7, 11) is 9.39. The van der Waals surface area contributed by atoms with Gasteiger partial charge in [0.2, 0.25) is 0 Å². The molecule has 3 rings (SSSR count). The van der Waals surface area contributed by atoms with E-state index in [2.05, 4.69) is 0 Å². The molecule has 0 saturated carbocycles. The van der Waals surface area contributed by atoms with Gasteiger partial charge in [0.1, 0.15) is 28.6 Å². The van der Waals surface area contributed by atoms with Crippen LogP contribution in [0.5, 0.6) is 17.2 Å². The van der Waals surface area contributed by atoms with Crippen molar-refractivity contribution in [3.8, 4) is 28.6 Å². The topological polar surface area (TPSA) is 102 Å². The van der Waals surface area contributed by atoms with E-state index in [0.29, 0.717) is 22.7 Å². The summed E-state index contributed by atoms with van der Waals surface area (Å²) in [5, 5.41) is 0.761. The van der Waals surface area contributed by atoms with Crippen molar-refractivity contribution in [3.63, 3.8) is 0 Å². The van der Waals surface area contributed by atoms with Crippen LogP contribution in [0, 0.1) is 0 Å². The van der Waals surface area contributed by atoms with Crippen molar-refractivity contribution < 1.29 is 33.0 Å². The van der Waals surface area contributed by atoms with Crippen LogP contribution in [0.25, 0.3) is 22.3 Å². The largest absolute Gasteiger partial charge is 0.456 e. The molecule has 0 N–H and O–H groups in total. The molecule has 0 unspecified atom stereocenters. The first kappa shape index (κ1) is 23.5. The smallest absolute Gasteiger partial charge is 0.414 e. The second-order valence-electron chi connectivity index (χ2n) is 7.79. The lowest BCUT2D eigenvalue weighted by atomic mass is 10.1. The second kappa shape index (κ2) is 9.51. The van der Waals surface area contributed by atoms with Crippen LogP contribution in [-0.2, 0) is 0 Å². The summed E-state index contributed by atoms with van der Waals surface area (Å²) in [5.41, 5.74) is 1.00. The van der Waals surface area contributed by atoms with Crippen LogP contribution in [0.4, 0.5) is 14.4 Å². The minimum Gasteiger partial charge on any atom is -0.456 e. The molecule has 0 bridgehead atoms. The van der Waals surface area contributed by atoms with E-state index >= 15 is 0 Å². The molecule has 0 saturated heterocycles. The average molecular weight is 455 g/mol. The molecule has 3 amide bonds. The SMILES string of the molecule is CN(C)C(=O)Oc1cc(OC(=O)N(C)C)cc(-c2cc3ccc(OC(=O)N(C)C)cc3o2)c1. The number of nitrogens with zero attached hydrogens (tertiary/aromatic N) is 3. The Hall–Kier alpha value is -4.21. The van der Waals surface area contributed by atoms with E-state index in [4.69, 9.17) is 18.6 Å². The van der Waals surface area contributed by atoms with Gasteiger partial charge in [0.25, 0.3) is 0 Å². The molecule has 174 valence electrons. The quantitative estimate of drug-likeness (QED) is 0.579. The van der Waals surface area contributed by atoms with Crippen molar-refractivity contribution in [1.82, 2.24) is 14.7 Å². The number of carbonyl (C=O) groups excluding carboxylic acids is 3. The second-order valence-corrected chi connectivity index (χ2v) is 7.79. The zero-order valence-corrected chi connectivity index (χ0v) is 19.2. The number of amides is 3. The molecule has 3 aromatic rings. The highest BCUT2D eigenvalue weighted by Gasteiger charge is 2.16. The molecule has 1 aromatic heterocycles. The molecular weight excluding hydrogens is 430 g/mol. The molecule has 0 radical (unpaired) electrons. The molecule has 0 aliphatic heterocycles. The Balaban J connectivity index is 1.99. The Bertz CT molecular complexity index is 1160. The molecule has 10 heteroatoms. The van der Waals surface area contributed by atoms with Crippen molar-refractivity contribution in [3.05, 3.63) is 42.5 Å². The summed E-state index contributed by atoms with van der Waals surface area (Å²) >= 11 is 0. The lowest BCUT2D eigenvalue weighted by Crippen LogP contribution is -2.26. The van der Waals surface area contributed by atoms with Crippen LogP contribution in [0.3, 0.4) is 0 Å². The molecular formula is C23H25N3O7. The number of ether oxygens (including phenoxy) is 3. The summed E-state index contributed by atoms with van der Waals surface area (Å²) in [5.74, 6) is 1.12. The minimum atomic E-state index is -0.589. The van der Waals surface area contributed by atoms with E-state index in [1.165, 1.54) is 20.8 Å². The molecule has 10 nitrogen and oxygen atoms in total. The van der Waals surface area contributed by atoms with Crippen LogP contribution in [-0.4, -0.2) is 75.3 Å². The zero-order valence-electron chi connectivity index (χ0n) is 19.2. The van der Waals surface area contributed by atoms with Gasteiger partial charge in [-0.2, -0.15) is 0 Å². The number of fused-ring (bicyclic) bond motifs is 1. The highest BCUT2D eigenvalue weighted by molar-refractivity contribution is 5.85. The third kappa shape index (κ3) is 5.73. The summed E-state index contributed by atoms with van der Waals surface area (Å²) < 4.78 is 21.9. The van der Waals surface area contributed by atoms with Gasteiger partial charge in [-0.15, -0.1) is 0 Å². The van der Waals surface area contributed by atoms with E-state index in [-0.39, 0.29) is 11.5 Å². The predicted molar refractivity (Wildman–Crippen MR) is 121 cm³/mol. The molecule has 1 heterocycles. The fourth-order valence-electron chi connectivity index (χ4n) is 2.63. The van der Waals surface area contributed by atoms with Gasteiger partial charge in [-0.1, -0.05) is 0 Å². The molecule has 33 heavy (non-hydrogen) atoms. The van der Waals surface area contributed by atoms with Crippen LogP contribution in [0.15, 0.2) is 46.9 Å². The van der Waals surface area contributed by atoms with Crippen LogP contribution < -0.4 is 14.2 Å². The number of benzene rings is 2. The normalized spacial score (nSPS) is 10.5. The van der Waals surface area contributed by atoms with E-state index in [9.17, 15) is 14.4 Å². The molecule has 0 spiro atoms. The Morgan fingerprint density at radius 3 is 1.61 bits per heavy atom. The maximum Gasteiger partial charge on any atom is 0.414 e. The highest BCUT2D eigenvalue weighted by Crippen LogP contribution is 2.35. The first-order chi connectivity index (χ1) is 15.5. The van der Waals surface area contributed by atoms with E-state index in [0.717, 1.165) is 5.39 Å². The van der Waals surface area contributed by atoms with Gasteiger partial charge in [0, 0.05) is 65.4 Å². The zero-order chi connectivity index (χ0) is 24.3. The van der Waals surface area contributed by atoms with Gasteiger partial charge >= 0.3 is 18.3 Å². The highest BCUT2D eigenvalue weighted by atomic mass is 16.6. The van der Waals surface area contributed by atoms with Crippen molar-refractivity contribution in [1.29, 1.82) is 0 Å². The van der Waals surface area contributed by atoms with Crippen molar-refractivity contribution in [2.24, 2.45) is 0 Å². The number of hydrogen-bond acceptors (Lipinski definition) is 7. The number of carbonyl (C=O) groups is 3. The number of hydrogen-bond donors (Lipinski definition) is 0. The molecule has 0 aliphatic carbocycles. The van der Waals surface area contributed by atoms with Crippen LogP contribution in [0.2, 0.25) is 0 Å². The lowest BCUT2D eigenvalue weighted by molar-refractivity contribution is 0.169. The summed E-state index contributed by atoms with van der Waals surface area (Å²) in [4.78, 5) is 39.7. The first-order valence-electron chi connectivity index (χ1n) is 9.90. The third-order valence-electron chi connectivity index (χ3n) is 4.37. The van der Waals surface area contributed by atoms with Crippen molar-refractivity contribution >= 4 is 29.2 Å². The van der Waals surface area contributed by atoms with Crippen molar-refractivity contribution in [2.75, 3.05) is 42.3 Å². The van der Waals surface area contributed by atoms with Gasteiger partial charge in [0.15, 0.2) is 0 Å². The van der Waals surface area contributed by atoms with Gasteiger partial charge in [-0.25, -0.2) is 14.4 Å². The molecule has 0 atom stereocenters. The number of rotatable bonds is 4. The fourth-order valence-corrected chi connectivity index (χ4v) is 2.63. The molecule has 0 aliphatic rings. The lowest BCUT2D eigenvalue weighted by Gasteiger charge is -2.14. The van der Waals surface area contributed by atoms with Crippen molar-refractivity contribution in [2.45, 2.75) is 0 Å². The average Bonchev–Trinajstić information content (AvgIpc) is 3.16. The van der Waals surface area contributed by atoms with Gasteiger partial charge in [0.05, 0.1) is 0 Å². The summed E-state index contributed by atoms with van der Waals surface area (Å²) in [6, 6.07) is 11.4. The monoisotopic (exact) mass is 455 g/mol. The molecule has 2 aromatic carbocycles. The third-order valence-corrected chi connectivity index (χ3v) is 4.37. The van der Waals surface area contributed by atoms with Crippen LogP contribution in [0.1, 0.15) is 0 Å². The molecule has 0 fully saturated rings. The standard InChI is InChI=1S/C23H25N3O7/c1-24(2)21(27)30-16-8-7-14-11-19(33-20(14)13-16)15-9-17(31-22(28)25(3)4)12-18(10-15)32-23(29)26(5)6/h7-13H,1-6H3. The predicted octanol–water partition coefficient (Wildman–Crippen LogP) is 4.28. The van der Waals surface area contributed by atoms with E-state index < -0.39 is 18.3 Å². The Labute approximate surface area is 190 Å². The fraction of sp³-hybridized carbons (Fsp3) is 0.261. The minimum absolute atomic E-state index is 0.175. The Morgan fingerprint density at radius 2 is 1.12 bits per heavy atom. The maximum atomic E-state index is 12.0. The van der Waals surface area contributed by atoms with Crippen LogP contribution >= 0.6 is 0 Å². The van der Waals surface area contributed by atoms with E-state index in [1.54, 1.807) is 78.7 Å². The van der Waals surface area contributed by atoms with Gasteiger partial charge in [-0.3, -0.25) is 0 Å². The number of furan rings is 1. The van der Waals surface area contributed by atoms with Gasteiger partial charge < -0.3 is 33.3 Å². The van der Waals surface area contributed by atoms with E-state index in [1.807, 2.05) is 0 Å². The van der Waals surface area contributed by atoms with Gasteiger partial charge in [-0.05, 0) is 30.3 Å². The maximum absolute atomic E-state index is 12.0. The Morgan fingerprint density at radius 1 is 0.636 bits per heavy atom. The summed E-state index contributed by atoms with van der Waals surface area (Å²) in [6.45, 7) is 0. The Kier molecular flexibility index (Phi) is 6.76.